The normalized spacial score (nSPS) is 11.8. The third-order valence-electron chi connectivity index (χ3n) is 2.46. The van der Waals surface area contributed by atoms with E-state index in [0.717, 1.165) is 5.52 Å². The highest BCUT2D eigenvalue weighted by atomic mass is 32.2. The van der Waals surface area contributed by atoms with Crippen LogP contribution in [0.4, 0.5) is 5.69 Å². The Labute approximate surface area is 102 Å². The highest BCUT2D eigenvalue weighted by molar-refractivity contribution is 7.92. The second-order valence-electron chi connectivity index (χ2n) is 3.63. The van der Waals surface area contributed by atoms with Crippen molar-refractivity contribution in [1.82, 2.24) is 19.9 Å². The van der Waals surface area contributed by atoms with Crippen LogP contribution >= 0.6 is 0 Å². The van der Waals surface area contributed by atoms with Crippen molar-refractivity contribution in [3.8, 4) is 0 Å². The van der Waals surface area contributed by atoms with Gasteiger partial charge in [0.2, 0.25) is 0 Å². The van der Waals surface area contributed by atoms with Gasteiger partial charge in [0.1, 0.15) is 5.52 Å². The summed E-state index contributed by atoms with van der Waals surface area (Å²) in [6, 6.07) is 5.21. The minimum absolute atomic E-state index is 0.00930. The quantitative estimate of drug-likeness (QED) is 0.658. The van der Waals surface area contributed by atoms with Gasteiger partial charge in [0.15, 0.2) is 5.03 Å². The van der Waals surface area contributed by atoms with E-state index in [1.165, 1.54) is 18.9 Å². The lowest BCUT2D eigenvalue weighted by molar-refractivity contribution is 0.598. The van der Waals surface area contributed by atoms with Crippen LogP contribution in [0.5, 0.6) is 0 Å². The number of anilines is 1. The predicted octanol–water partition coefficient (Wildman–Crippen LogP) is 1.09. The number of para-hydroxylation sites is 1. The van der Waals surface area contributed by atoms with Crippen LogP contribution < -0.4 is 4.72 Å². The van der Waals surface area contributed by atoms with Crippen molar-refractivity contribution < 1.29 is 8.42 Å². The third-order valence-corrected chi connectivity index (χ3v) is 3.75. The van der Waals surface area contributed by atoms with E-state index < -0.39 is 10.0 Å². The molecule has 7 nitrogen and oxygen atoms in total. The maximum Gasteiger partial charge on any atom is 0.279 e. The number of aromatic amines is 2. The Hall–Kier alpha value is -2.35. The average Bonchev–Trinajstić information content (AvgIpc) is 3.00. The predicted molar refractivity (Wildman–Crippen MR) is 65.5 cm³/mol. The van der Waals surface area contributed by atoms with Crippen molar-refractivity contribution in [2.45, 2.75) is 5.03 Å². The minimum atomic E-state index is -3.66. The van der Waals surface area contributed by atoms with E-state index in [0.29, 0.717) is 11.2 Å². The maximum absolute atomic E-state index is 12.0. The summed E-state index contributed by atoms with van der Waals surface area (Å²) in [6.45, 7) is 0. The Morgan fingerprint density at radius 2 is 2.06 bits per heavy atom. The highest BCUT2D eigenvalue weighted by Crippen LogP contribution is 2.22. The molecular formula is C10H9N5O2S. The molecule has 3 rings (SSSR count). The summed E-state index contributed by atoms with van der Waals surface area (Å²) in [5.41, 5.74) is 1.75. The van der Waals surface area contributed by atoms with Crippen molar-refractivity contribution in [2.75, 3.05) is 4.72 Å². The molecule has 0 fully saturated rings. The zero-order chi connectivity index (χ0) is 12.6. The van der Waals surface area contributed by atoms with Crippen LogP contribution in [0.15, 0.2) is 42.1 Å². The number of H-pyrrole nitrogens is 2. The SMILES string of the molecule is O=S(=O)(Nc1cccc2[nH]cnc12)c1cnc[nH]1. The molecule has 0 atom stereocenters. The molecule has 8 heteroatoms. The molecule has 18 heavy (non-hydrogen) atoms. The summed E-state index contributed by atoms with van der Waals surface area (Å²) in [5.74, 6) is 0. The first kappa shape index (κ1) is 10.8. The highest BCUT2D eigenvalue weighted by Gasteiger charge is 2.17. The van der Waals surface area contributed by atoms with E-state index in [-0.39, 0.29) is 5.03 Å². The van der Waals surface area contributed by atoms with E-state index in [9.17, 15) is 8.42 Å². The summed E-state index contributed by atoms with van der Waals surface area (Å²) in [4.78, 5) is 13.2. The summed E-state index contributed by atoms with van der Waals surface area (Å²) >= 11 is 0. The maximum atomic E-state index is 12.0. The molecule has 0 spiro atoms. The molecule has 0 unspecified atom stereocenters. The Balaban J connectivity index is 2.05. The van der Waals surface area contributed by atoms with Gasteiger partial charge in [0.25, 0.3) is 10.0 Å². The number of hydrogen-bond donors (Lipinski definition) is 3. The van der Waals surface area contributed by atoms with Crippen LogP contribution in [0.3, 0.4) is 0 Å². The van der Waals surface area contributed by atoms with E-state index in [2.05, 4.69) is 24.7 Å². The fourth-order valence-electron chi connectivity index (χ4n) is 1.64. The molecule has 0 radical (unpaired) electrons. The van der Waals surface area contributed by atoms with Gasteiger partial charge in [-0.05, 0) is 12.1 Å². The van der Waals surface area contributed by atoms with Gasteiger partial charge in [0.05, 0.1) is 30.1 Å². The monoisotopic (exact) mass is 263 g/mol. The number of rotatable bonds is 3. The van der Waals surface area contributed by atoms with E-state index in [4.69, 9.17) is 0 Å². The summed E-state index contributed by atoms with van der Waals surface area (Å²) in [6.07, 6.45) is 4.06. The van der Waals surface area contributed by atoms with E-state index in [1.807, 2.05) is 6.07 Å². The largest absolute Gasteiger partial charge is 0.345 e. The molecule has 3 aromatic rings. The topological polar surface area (TPSA) is 104 Å². The molecule has 2 aromatic heterocycles. The smallest absolute Gasteiger partial charge is 0.279 e. The lowest BCUT2D eigenvalue weighted by Gasteiger charge is -2.06. The molecule has 0 amide bonds. The minimum Gasteiger partial charge on any atom is -0.345 e. The fraction of sp³-hybridized carbons (Fsp3) is 0. The number of fused-ring (bicyclic) bond motifs is 1. The third kappa shape index (κ3) is 1.72. The van der Waals surface area contributed by atoms with Gasteiger partial charge >= 0.3 is 0 Å². The van der Waals surface area contributed by atoms with Gasteiger partial charge in [0, 0.05) is 0 Å². The first-order chi connectivity index (χ1) is 8.67. The lowest BCUT2D eigenvalue weighted by atomic mass is 10.3. The molecule has 3 N–H and O–H groups in total. The van der Waals surface area contributed by atoms with Crippen LogP contribution in [0.25, 0.3) is 11.0 Å². The van der Waals surface area contributed by atoms with Crippen LogP contribution in [-0.2, 0) is 10.0 Å². The van der Waals surface area contributed by atoms with Gasteiger partial charge in [-0.25, -0.2) is 9.97 Å². The molecule has 92 valence electrons. The Morgan fingerprint density at radius 3 is 2.83 bits per heavy atom. The number of aromatic nitrogens is 4. The van der Waals surface area contributed by atoms with E-state index >= 15 is 0 Å². The Morgan fingerprint density at radius 1 is 1.17 bits per heavy atom. The summed E-state index contributed by atoms with van der Waals surface area (Å²) in [7, 11) is -3.66. The zero-order valence-electron chi connectivity index (χ0n) is 9.08. The molecule has 0 aliphatic carbocycles. The fourth-order valence-corrected chi connectivity index (χ4v) is 2.61. The number of sulfonamides is 1. The van der Waals surface area contributed by atoms with Crippen LogP contribution in [0.1, 0.15) is 0 Å². The second kappa shape index (κ2) is 3.84. The molecule has 0 bridgehead atoms. The zero-order valence-corrected chi connectivity index (χ0v) is 9.90. The molecular weight excluding hydrogens is 254 g/mol. The lowest BCUT2D eigenvalue weighted by Crippen LogP contribution is -2.13. The van der Waals surface area contributed by atoms with Gasteiger partial charge in [-0.2, -0.15) is 8.42 Å². The molecule has 0 aliphatic heterocycles. The first-order valence-electron chi connectivity index (χ1n) is 5.10. The van der Waals surface area contributed by atoms with Crippen molar-refractivity contribution in [3.63, 3.8) is 0 Å². The molecule has 2 heterocycles. The van der Waals surface area contributed by atoms with Crippen molar-refractivity contribution in [3.05, 3.63) is 37.1 Å². The standard InChI is InChI=1S/C10H9N5O2S/c16-18(17,9-4-11-5-13-9)15-8-3-1-2-7-10(8)14-6-12-7/h1-6,15H,(H,11,13)(H,12,14). The Kier molecular flexibility index (Phi) is 2.30. The summed E-state index contributed by atoms with van der Waals surface area (Å²) in [5, 5.41) is 0.00930. The average molecular weight is 263 g/mol. The second-order valence-corrected chi connectivity index (χ2v) is 5.28. The van der Waals surface area contributed by atoms with Crippen molar-refractivity contribution in [2.24, 2.45) is 0 Å². The van der Waals surface area contributed by atoms with Gasteiger partial charge in [-0.3, -0.25) is 4.72 Å². The molecule has 1 aromatic carbocycles. The number of benzene rings is 1. The molecule has 0 saturated heterocycles. The van der Waals surface area contributed by atoms with Crippen LogP contribution in [-0.4, -0.2) is 28.4 Å². The number of nitrogens with zero attached hydrogens (tertiary/aromatic N) is 2. The number of hydrogen-bond acceptors (Lipinski definition) is 4. The van der Waals surface area contributed by atoms with Gasteiger partial charge in [-0.1, -0.05) is 6.07 Å². The first-order valence-corrected chi connectivity index (χ1v) is 6.58. The van der Waals surface area contributed by atoms with Crippen LogP contribution in [0.2, 0.25) is 0 Å². The van der Waals surface area contributed by atoms with Crippen LogP contribution in [0, 0.1) is 0 Å². The number of nitrogens with one attached hydrogen (secondary N) is 3. The number of imidazole rings is 2. The van der Waals surface area contributed by atoms with Crippen molar-refractivity contribution in [1.29, 1.82) is 0 Å². The molecule has 0 saturated carbocycles. The Bertz CT molecular complexity index is 776. The molecule has 0 aliphatic rings. The van der Waals surface area contributed by atoms with Gasteiger partial charge < -0.3 is 9.97 Å². The van der Waals surface area contributed by atoms with E-state index in [1.54, 1.807) is 12.1 Å². The van der Waals surface area contributed by atoms with Gasteiger partial charge in [-0.15, -0.1) is 0 Å². The van der Waals surface area contributed by atoms with Crippen molar-refractivity contribution >= 4 is 26.7 Å². The summed E-state index contributed by atoms with van der Waals surface area (Å²) < 4.78 is 26.5.